The maximum atomic E-state index is 13.0. The maximum absolute atomic E-state index is 13.0. The molecule has 7 heteroatoms. The van der Waals surface area contributed by atoms with Gasteiger partial charge in [-0.05, 0) is 79.1 Å². The van der Waals surface area contributed by atoms with E-state index in [1.165, 1.54) is 35.4 Å². The first-order valence-electron chi connectivity index (χ1n) is 11.9. The van der Waals surface area contributed by atoms with Gasteiger partial charge in [0.15, 0.2) is 5.13 Å². The quantitative estimate of drug-likeness (QED) is 0.368. The van der Waals surface area contributed by atoms with Crippen LogP contribution in [0.25, 0.3) is 0 Å². The third-order valence-corrected chi connectivity index (χ3v) is 7.55. The first kappa shape index (κ1) is 21.1. The fourth-order valence-electron chi connectivity index (χ4n) is 4.84. The molecular weight excluding hydrogens is 442 g/mol. The Hall–Kier alpha value is -3.45. The molecule has 2 fully saturated rings. The molecule has 0 bridgehead atoms. The molecule has 1 saturated heterocycles. The Bertz CT molecular complexity index is 1280. The predicted octanol–water partition coefficient (Wildman–Crippen LogP) is 5.86. The van der Waals surface area contributed by atoms with E-state index in [4.69, 9.17) is 4.98 Å². The summed E-state index contributed by atoms with van der Waals surface area (Å²) in [6.07, 6.45) is 10.3. The summed E-state index contributed by atoms with van der Waals surface area (Å²) >= 11 is 1.50. The Morgan fingerprint density at radius 1 is 1.06 bits per heavy atom. The minimum atomic E-state index is -0.140. The van der Waals surface area contributed by atoms with Crippen molar-refractivity contribution in [3.63, 3.8) is 0 Å². The highest BCUT2D eigenvalue weighted by Gasteiger charge is 2.29. The summed E-state index contributed by atoms with van der Waals surface area (Å²) < 4.78 is 1.95. The van der Waals surface area contributed by atoms with E-state index in [-0.39, 0.29) is 11.9 Å². The summed E-state index contributed by atoms with van der Waals surface area (Å²) in [5, 5.41) is 5.75. The number of nitrogens with zero attached hydrogens (tertiary/aromatic N) is 4. The summed E-state index contributed by atoms with van der Waals surface area (Å²) in [6.45, 7) is 1.66. The second kappa shape index (κ2) is 9.06. The van der Waals surface area contributed by atoms with Crippen LogP contribution in [0.15, 0.2) is 72.5 Å². The van der Waals surface area contributed by atoms with Crippen LogP contribution in [0.2, 0.25) is 0 Å². The first-order valence-corrected chi connectivity index (χ1v) is 12.8. The number of aromatic nitrogens is 3. The summed E-state index contributed by atoms with van der Waals surface area (Å²) in [5.74, 6) is 0.637. The van der Waals surface area contributed by atoms with Gasteiger partial charge in [-0.25, -0.2) is 4.98 Å². The van der Waals surface area contributed by atoms with E-state index < -0.39 is 0 Å². The number of carbonyl (C=O) groups is 1. The molecule has 1 aromatic carbocycles. The molecule has 1 aliphatic carbocycles. The van der Waals surface area contributed by atoms with Gasteiger partial charge in [-0.3, -0.25) is 15.1 Å². The zero-order valence-corrected chi connectivity index (χ0v) is 19.7. The fourth-order valence-corrected chi connectivity index (χ4v) is 5.59. The number of carbonyl (C=O) groups excluding carboxylic acids is 1. The van der Waals surface area contributed by atoms with Gasteiger partial charge in [0.05, 0.1) is 11.7 Å². The second-order valence-electron chi connectivity index (χ2n) is 9.13. The van der Waals surface area contributed by atoms with Gasteiger partial charge in [-0.2, -0.15) is 0 Å². The number of nitrogens with one attached hydrogen (secondary N) is 1. The number of hydrogen-bond acceptors (Lipinski definition) is 5. The molecule has 6 nitrogen and oxygen atoms in total. The van der Waals surface area contributed by atoms with Crippen molar-refractivity contribution in [3.8, 4) is 0 Å². The van der Waals surface area contributed by atoms with E-state index in [1.807, 2.05) is 35.0 Å². The molecule has 6 rings (SSSR count). The number of anilines is 2. The lowest BCUT2D eigenvalue weighted by molar-refractivity contribution is 0.101. The van der Waals surface area contributed by atoms with Crippen molar-refractivity contribution < 1.29 is 4.79 Å². The van der Waals surface area contributed by atoms with Crippen molar-refractivity contribution >= 4 is 28.1 Å². The molecule has 1 amide bonds. The van der Waals surface area contributed by atoms with Gasteiger partial charge < -0.3 is 9.47 Å². The monoisotopic (exact) mass is 469 g/mol. The van der Waals surface area contributed by atoms with Crippen molar-refractivity contribution in [2.45, 2.75) is 44.2 Å². The SMILES string of the molecule is O=C(Nc1nc(C2CCCN2c2ccc(C3CC3)cc2)cs1)c1cccn1Cc1ccncc1. The molecular formula is C27H27N5OS. The van der Waals surface area contributed by atoms with Crippen molar-refractivity contribution in [2.24, 2.45) is 0 Å². The predicted molar refractivity (Wildman–Crippen MR) is 136 cm³/mol. The van der Waals surface area contributed by atoms with Gasteiger partial charge in [0.25, 0.3) is 5.91 Å². The lowest BCUT2D eigenvalue weighted by Crippen LogP contribution is -2.23. The highest BCUT2D eigenvalue weighted by molar-refractivity contribution is 7.14. The van der Waals surface area contributed by atoms with Gasteiger partial charge in [0.1, 0.15) is 5.69 Å². The maximum Gasteiger partial charge on any atom is 0.274 e. The van der Waals surface area contributed by atoms with Crippen LogP contribution < -0.4 is 10.2 Å². The average Bonchev–Trinajstić information content (AvgIpc) is 3.22. The number of hydrogen-bond donors (Lipinski definition) is 1. The Labute approximate surface area is 203 Å². The summed E-state index contributed by atoms with van der Waals surface area (Å²) in [4.78, 5) is 24.3. The Morgan fingerprint density at radius 2 is 1.88 bits per heavy atom. The Kier molecular flexibility index (Phi) is 5.63. The van der Waals surface area contributed by atoms with Crippen molar-refractivity contribution in [1.29, 1.82) is 0 Å². The van der Waals surface area contributed by atoms with Crippen LogP contribution in [0.5, 0.6) is 0 Å². The molecule has 4 heterocycles. The minimum Gasteiger partial charge on any atom is -0.363 e. The Morgan fingerprint density at radius 3 is 2.68 bits per heavy atom. The first-order chi connectivity index (χ1) is 16.7. The zero-order chi connectivity index (χ0) is 22.9. The minimum absolute atomic E-state index is 0.140. The number of thiazole rings is 1. The summed E-state index contributed by atoms with van der Waals surface area (Å²) in [5.41, 5.74) is 5.48. The van der Waals surface area contributed by atoms with Crippen LogP contribution in [0.4, 0.5) is 10.8 Å². The third kappa shape index (κ3) is 4.35. The van der Waals surface area contributed by atoms with Gasteiger partial charge >= 0.3 is 0 Å². The molecule has 1 unspecified atom stereocenters. The molecule has 1 aliphatic heterocycles. The van der Waals surface area contributed by atoms with E-state index in [0.29, 0.717) is 17.4 Å². The number of amides is 1. The van der Waals surface area contributed by atoms with Crippen molar-refractivity contribution in [2.75, 3.05) is 16.8 Å². The van der Waals surface area contributed by atoms with Gasteiger partial charge in [-0.1, -0.05) is 12.1 Å². The van der Waals surface area contributed by atoms with Crippen LogP contribution in [0.3, 0.4) is 0 Å². The number of benzene rings is 1. The second-order valence-corrected chi connectivity index (χ2v) is 9.98. The lowest BCUT2D eigenvalue weighted by Gasteiger charge is -2.25. The molecule has 1 N–H and O–H groups in total. The molecule has 3 aromatic heterocycles. The highest BCUT2D eigenvalue weighted by atomic mass is 32.1. The van der Waals surface area contributed by atoms with E-state index in [0.717, 1.165) is 36.6 Å². The molecule has 1 saturated carbocycles. The summed E-state index contributed by atoms with van der Waals surface area (Å²) in [6, 6.07) is 17.0. The Balaban J connectivity index is 1.14. The normalized spacial score (nSPS) is 17.8. The van der Waals surface area contributed by atoms with Crippen LogP contribution in [0, 0.1) is 0 Å². The molecule has 2 aliphatic rings. The van der Waals surface area contributed by atoms with Crippen LogP contribution >= 0.6 is 11.3 Å². The van der Waals surface area contributed by atoms with Crippen LogP contribution in [0.1, 0.15) is 65.0 Å². The van der Waals surface area contributed by atoms with Crippen LogP contribution in [-0.2, 0) is 6.54 Å². The topological polar surface area (TPSA) is 63.1 Å². The molecule has 4 aromatic rings. The lowest BCUT2D eigenvalue weighted by atomic mass is 10.1. The molecule has 1 atom stereocenters. The molecule has 172 valence electrons. The van der Waals surface area contributed by atoms with E-state index in [2.05, 4.69) is 44.8 Å². The van der Waals surface area contributed by atoms with E-state index >= 15 is 0 Å². The standard InChI is InChI=1S/C27H27N5OS/c33-26(25-4-1-15-31(25)17-19-11-13-28-14-12-19)30-27-29-23(18-34-27)24-3-2-16-32(24)22-9-7-21(8-10-22)20-5-6-20/h1,4,7-15,18,20,24H,2-3,5-6,16-17H2,(H,29,30,33). The van der Waals surface area contributed by atoms with Gasteiger partial charge in [0, 0.05) is 42.7 Å². The third-order valence-electron chi connectivity index (χ3n) is 6.77. The van der Waals surface area contributed by atoms with E-state index in [1.54, 1.807) is 12.4 Å². The largest absolute Gasteiger partial charge is 0.363 e. The van der Waals surface area contributed by atoms with Crippen molar-refractivity contribution in [3.05, 3.63) is 95.0 Å². The van der Waals surface area contributed by atoms with Crippen molar-refractivity contribution in [1.82, 2.24) is 14.5 Å². The van der Waals surface area contributed by atoms with Gasteiger partial charge in [0.2, 0.25) is 0 Å². The zero-order valence-electron chi connectivity index (χ0n) is 18.9. The average molecular weight is 470 g/mol. The highest BCUT2D eigenvalue weighted by Crippen LogP contribution is 2.42. The van der Waals surface area contributed by atoms with Crippen LogP contribution in [-0.4, -0.2) is 27.0 Å². The molecule has 34 heavy (non-hydrogen) atoms. The van der Waals surface area contributed by atoms with Gasteiger partial charge in [-0.15, -0.1) is 11.3 Å². The van der Waals surface area contributed by atoms with E-state index in [9.17, 15) is 4.79 Å². The number of pyridine rings is 1. The summed E-state index contributed by atoms with van der Waals surface area (Å²) in [7, 11) is 0. The number of rotatable bonds is 7. The molecule has 0 spiro atoms. The fraction of sp³-hybridized carbons (Fsp3) is 0.296. The smallest absolute Gasteiger partial charge is 0.274 e. The molecule has 0 radical (unpaired) electrons.